The van der Waals surface area contributed by atoms with Gasteiger partial charge in [-0.15, -0.1) is 0 Å². The number of fused-ring (bicyclic) bond motifs is 2. The van der Waals surface area contributed by atoms with Gasteiger partial charge >= 0.3 is 6.18 Å². The van der Waals surface area contributed by atoms with Gasteiger partial charge in [-0.3, -0.25) is 34.1 Å². The summed E-state index contributed by atoms with van der Waals surface area (Å²) >= 11 is 12.5. The van der Waals surface area contributed by atoms with Gasteiger partial charge in [0.05, 0.1) is 43.7 Å². The number of imidazole rings is 1. The maximum absolute atomic E-state index is 13.7. The van der Waals surface area contributed by atoms with Crippen molar-refractivity contribution in [3.63, 3.8) is 0 Å². The van der Waals surface area contributed by atoms with Gasteiger partial charge in [-0.25, -0.2) is 13.4 Å². The molecule has 0 bridgehead atoms. The highest BCUT2D eigenvalue weighted by molar-refractivity contribution is 7.93. The van der Waals surface area contributed by atoms with Crippen LogP contribution in [0.1, 0.15) is 90.5 Å². The summed E-state index contributed by atoms with van der Waals surface area (Å²) in [4.78, 5) is 61.7. The fourth-order valence-corrected chi connectivity index (χ4v) is 11.9. The molecule has 3 aliphatic heterocycles. The Morgan fingerprint density at radius 2 is 1.62 bits per heavy atom. The first-order valence-corrected chi connectivity index (χ1v) is 22.7. The van der Waals surface area contributed by atoms with E-state index in [1.807, 2.05) is 0 Å². The van der Waals surface area contributed by atoms with E-state index in [2.05, 4.69) is 30.2 Å². The van der Waals surface area contributed by atoms with Crippen molar-refractivity contribution in [2.75, 3.05) is 29.7 Å². The molecule has 3 aromatic carbocycles. The van der Waals surface area contributed by atoms with Crippen LogP contribution >= 0.6 is 23.2 Å². The van der Waals surface area contributed by atoms with E-state index in [-0.39, 0.29) is 73.6 Å². The Hall–Kier alpha value is -4.71. The zero-order chi connectivity index (χ0) is 43.0. The molecule has 4 aromatic rings. The zero-order valence-corrected chi connectivity index (χ0v) is 35.0. The molecule has 4 N–H and O–H groups in total. The smallest absolute Gasteiger partial charge is 0.382 e. The number of carbonyl (C=O) groups excluding carboxylic acids is 4. The minimum Gasteiger partial charge on any atom is -0.382 e. The molecule has 61 heavy (non-hydrogen) atoms. The second-order valence-corrected chi connectivity index (χ2v) is 19.9. The summed E-state index contributed by atoms with van der Waals surface area (Å²) in [5.41, 5.74) is 0.956. The Kier molecular flexibility index (Phi) is 10.6. The number of likely N-dealkylation sites (tertiary alicyclic amines) is 1. The molecule has 1 unspecified atom stereocenters. The predicted molar refractivity (Wildman–Crippen MR) is 223 cm³/mol. The topological polar surface area (TPSA) is 174 Å². The van der Waals surface area contributed by atoms with Crippen LogP contribution in [0.25, 0.3) is 22.4 Å². The minimum atomic E-state index is -4.63. The van der Waals surface area contributed by atoms with Gasteiger partial charge in [-0.1, -0.05) is 29.3 Å². The van der Waals surface area contributed by atoms with Crippen molar-refractivity contribution in [2.45, 2.75) is 87.7 Å². The molecule has 322 valence electrons. The van der Waals surface area contributed by atoms with Crippen LogP contribution in [-0.2, 0) is 25.8 Å². The van der Waals surface area contributed by atoms with Crippen molar-refractivity contribution in [3.8, 4) is 11.4 Å². The number of anilines is 2. The van der Waals surface area contributed by atoms with E-state index in [0.29, 0.717) is 24.4 Å². The number of hydrogen-bond donors (Lipinski definition) is 4. The molecule has 1 atom stereocenters. The van der Waals surface area contributed by atoms with E-state index in [4.69, 9.17) is 23.2 Å². The number of rotatable bonds is 9. The average molecular weight is 901 g/mol. The molecule has 4 fully saturated rings. The minimum absolute atomic E-state index is 0.0216. The Morgan fingerprint density at radius 1 is 0.885 bits per heavy atom. The quantitative estimate of drug-likeness (QED) is 0.123. The lowest BCUT2D eigenvalue weighted by molar-refractivity contribution is -0.138. The fourth-order valence-electron chi connectivity index (χ4n) is 9.95. The molecule has 1 spiro atoms. The highest BCUT2D eigenvalue weighted by Gasteiger charge is 2.49. The Balaban J connectivity index is 0.764. The van der Waals surface area contributed by atoms with Crippen LogP contribution in [0, 0.1) is 11.3 Å². The number of sulfonamides is 1. The molecular formula is C42H42Cl2F3N7O6S. The number of imide groups is 2. The summed E-state index contributed by atoms with van der Waals surface area (Å²) in [6, 6.07) is 10.4. The second-order valence-electron chi connectivity index (χ2n) is 17.1. The van der Waals surface area contributed by atoms with Crippen LogP contribution in [0.4, 0.5) is 24.5 Å². The van der Waals surface area contributed by atoms with Crippen LogP contribution in [0.15, 0.2) is 48.5 Å². The molecule has 2 saturated heterocycles. The summed E-state index contributed by atoms with van der Waals surface area (Å²) in [7, 11) is -3.85. The lowest BCUT2D eigenvalue weighted by Crippen LogP contribution is -2.54. The number of amides is 4. The van der Waals surface area contributed by atoms with Crippen LogP contribution in [0.2, 0.25) is 10.0 Å². The zero-order valence-electron chi connectivity index (χ0n) is 32.7. The van der Waals surface area contributed by atoms with E-state index in [0.717, 1.165) is 75.2 Å². The highest BCUT2D eigenvalue weighted by Crippen LogP contribution is 2.51. The fraction of sp³-hybridized carbons (Fsp3) is 0.452. The average Bonchev–Trinajstić information content (AvgIpc) is 3.74. The van der Waals surface area contributed by atoms with Gasteiger partial charge in [0.1, 0.15) is 11.9 Å². The second kappa shape index (κ2) is 15.6. The standard InChI is InChI=1S/C42H42Cl2F3N7O6S/c43-24-6-9-30(28(18-24)37-49-32-17-23(42(45,46)47)16-29(44)36(32)51-37)52-61(59,60)26-7-4-22(5-8-26)21-53-14-12-41(13-15-53)19-25(20-41)48-31-3-1-2-27-35(31)40(58)54(39(27)57)33-10-11-34(55)50-38(33)56/h1-3,6,9,16-18,22,25-26,33,48,52H,4-5,7-8,10-15,19-21H2,(H,49,51)(H,50,55,56). The van der Waals surface area contributed by atoms with Crippen molar-refractivity contribution in [1.82, 2.24) is 25.1 Å². The van der Waals surface area contributed by atoms with Crippen molar-refractivity contribution in [2.24, 2.45) is 11.3 Å². The first-order chi connectivity index (χ1) is 29.0. The van der Waals surface area contributed by atoms with Crippen LogP contribution in [-0.4, -0.2) is 88.8 Å². The third kappa shape index (κ3) is 7.98. The van der Waals surface area contributed by atoms with Gasteiger partial charge < -0.3 is 15.2 Å². The van der Waals surface area contributed by atoms with Crippen LogP contribution < -0.4 is 15.4 Å². The van der Waals surface area contributed by atoms with E-state index in [1.54, 1.807) is 18.2 Å². The number of nitrogens with one attached hydrogen (secondary N) is 4. The molecule has 9 rings (SSSR count). The summed E-state index contributed by atoms with van der Waals surface area (Å²) in [6.07, 6.45) is 1.90. The molecule has 1 aromatic heterocycles. The number of hydrogen-bond acceptors (Lipinski definition) is 9. The molecule has 5 aliphatic rings. The number of nitrogens with zero attached hydrogens (tertiary/aromatic N) is 3. The summed E-state index contributed by atoms with van der Waals surface area (Å²) < 4.78 is 70.5. The Labute approximate surface area is 359 Å². The van der Waals surface area contributed by atoms with Crippen molar-refractivity contribution >= 4 is 79.3 Å². The molecule has 4 heterocycles. The van der Waals surface area contributed by atoms with Crippen molar-refractivity contribution < 1.29 is 40.8 Å². The van der Waals surface area contributed by atoms with Crippen LogP contribution in [0.5, 0.6) is 0 Å². The van der Waals surface area contributed by atoms with E-state index in [9.17, 15) is 40.8 Å². The third-order valence-electron chi connectivity index (χ3n) is 13.2. The first-order valence-electron chi connectivity index (χ1n) is 20.4. The van der Waals surface area contributed by atoms with E-state index < -0.39 is 56.7 Å². The van der Waals surface area contributed by atoms with Crippen molar-refractivity contribution in [3.05, 3.63) is 75.3 Å². The SMILES string of the molecule is O=C1CCC(N2C(=O)c3cccc(NC4CC5(CCN(CC6CCC(S(=O)(=O)Nc7ccc(Cl)cc7-c7nc8cc(C(F)(F)F)cc(Cl)c8[nH]7)CC6)CC5)C4)c3C2=O)C(=O)N1. The van der Waals surface area contributed by atoms with Gasteiger partial charge in [0.15, 0.2) is 0 Å². The lowest BCUT2D eigenvalue weighted by atomic mass is 9.60. The van der Waals surface area contributed by atoms with Gasteiger partial charge in [-0.2, -0.15) is 13.2 Å². The number of H-pyrrole nitrogens is 1. The maximum atomic E-state index is 13.7. The molecular weight excluding hydrogens is 858 g/mol. The van der Waals surface area contributed by atoms with Gasteiger partial charge in [0.25, 0.3) is 11.8 Å². The normalized spacial score (nSPS) is 23.6. The van der Waals surface area contributed by atoms with E-state index >= 15 is 0 Å². The molecule has 19 heteroatoms. The predicted octanol–water partition coefficient (Wildman–Crippen LogP) is 7.61. The van der Waals surface area contributed by atoms with Crippen molar-refractivity contribution in [1.29, 1.82) is 0 Å². The third-order valence-corrected chi connectivity index (χ3v) is 15.6. The Bertz CT molecular complexity index is 2580. The maximum Gasteiger partial charge on any atom is 0.416 e. The number of halogens is 5. The van der Waals surface area contributed by atoms with Gasteiger partial charge in [0.2, 0.25) is 21.8 Å². The number of piperidine rings is 2. The number of carbonyl (C=O) groups is 4. The lowest BCUT2D eigenvalue weighted by Gasteiger charge is -2.53. The molecule has 13 nitrogen and oxygen atoms in total. The number of alkyl halides is 3. The largest absolute Gasteiger partial charge is 0.416 e. The molecule has 4 amide bonds. The molecule has 2 aliphatic carbocycles. The summed E-state index contributed by atoms with van der Waals surface area (Å²) in [5.74, 6) is -1.65. The Morgan fingerprint density at radius 3 is 2.33 bits per heavy atom. The molecule has 0 radical (unpaired) electrons. The molecule has 2 saturated carbocycles. The highest BCUT2D eigenvalue weighted by atomic mass is 35.5. The monoisotopic (exact) mass is 899 g/mol. The van der Waals surface area contributed by atoms with E-state index in [1.165, 1.54) is 18.2 Å². The van der Waals surface area contributed by atoms with Crippen LogP contribution in [0.3, 0.4) is 0 Å². The summed E-state index contributed by atoms with van der Waals surface area (Å²) in [6.45, 7) is 2.76. The summed E-state index contributed by atoms with van der Waals surface area (Å²) in [5, 5.41) is 5.22. The first kappa shape index (κ1) is 41.6. The number of aromatic amines is 1. The number of benzene rings is 3. The van der Waals surface area contributed by atoms with Gasteiger partial charge in [0, 0.05) is 35.3 Å². The van der Waals surface area contributed by atoms with Gasteiger partial charge in [-0.05, 0) is 125 Å². The number of aromatic nitrogens is 2.